The predicted molar refractivity (Wildman–Crippen MR) is 118 cm³/mol. The normalized spacial score (nSPS) is 15.6. The summed E-state index contributed by atoms with van der Waals surface area (Å²) < 4.78 is 0. The Morgan fingerprint density at radius 2 is 2.10 bits per heavy atom. The highest BCUT2D eigenvalue weighted by atomic mass is 32.1. The molecule has 0 bridgehead atoms. The summed E-state index contributed by atoms with van der Waals surface area (Å²) in [6.45, 7) is 0.809. The molecule has 0 N–H and O–H groups in total. The number of fused-ring (bicyclic) bond motifs is 1. The van der Waals surface area contributed by atoms with Crippen molar-refractivity contribution in [3.63, 3.8) is 0 Å². The van der Waals surface area contributed by atoms with Gasteiger partial charge in [-0.1, -0.05) is 6.07 Å². The largest absolute Gasteiger partial charge is 0.312 e. The van der Waals surface area contributed by atoms with Gasteiger partial charge in [0.15, 0.2) is 5.13 Å². The molecular formula is C23H22N4O2S. The van der Waals surface area contributed by atoms with E-state index < -0.39 is 0 Å². The molecule has 6 nitrogen and oxygen atoms in total. The van der Waals surface area contributed by atoms with Gasteiger partial charge in [0.05, 0.1) is 11.3 Å². The number of hydrogen-bond acceptors (Lipinski definition) is 5. The van der Waals surface area contributed by atoms with Crippen LogP contribution in [0.15, 0.2) is 48.1 Å². The van der Waals surface area contributed by atoms with Gasteiger partial charge in [-0.05, 0) is 55.5 Å². The summed E-state index contributed by atoms with van der Waals surface area (Å²) in [5.41, 5.74) is 4.63. The summed E-state index contributed by atoms with van der Waals surface area (Å²) in [4.78, 5) is 37.5. The average molecular weight is 419 g/mol. The maximum Gasteiger partial charge on any atom is 0.261 e. The summed E-state index contributed by atoms with van der Waals surface area (Å²) in [6, 6.07) is 9.72. The van der Waals surface area contributed by atoms with Crippen molar-refractivity contribution in [2.75, 3.05) is 23.4 Å². The molecule has 1 fully saturated rings. The molecular weight excluding hydrogens is 396 g/mol. The summed E-state index contributed by atoms with van der Waals surface area (Å²) in [5.74, 6) is 0.364. The van der Waals surface area contributed by atoms with Crippen molar-refractivity contribution < 1.29 is 9.59 Å². The van der Waals surface area contributed by atoms with E-state index in [4.69, 9.17) is 4.98 Å². The van der Waals surface area contributed by atoms with Crippen LogP contribution >= 0.6 is 11.3 Å². The number of thiazole rings is 1. The number of carbonyl (C=O) groups is 2. The third kappa shape index (κ3) is 3.50. The standard InChI is InChI=1S/C23H22N4O2S/c1-26(21(28)18-4-2-10-24-13-18)23-25-19(14-30-23)16-8-9-20-17(12-16)5-3-11-27(20)22(29)15-6-7-15/h2,4,8-10,12-15H,3,5-7,11H2,1H3. The van der Waals surface area contributed by atoms with Gasteiger partial charge in [-0.25, -0.2) is 4.98 Å². The van der Waals surface area contributed by atoms with Gasteiger partial charge in [0.1, 0.15) is 0 Å². The van der Waals surface area contributed by atoms with Crippen LogP contribution in [0.1, 0.15) is 35.2 Å². The minimum absolute atomic E-state index is 0.135. The lowest BCUT2D eigenvalue weighted by molar-refractivity contribution is -0.119. The molecule has 7 heteroatoms. The Balaban J connectivity index is 1.39. The number of amides is 2. The molecule has 1 aliphatic heterocycles. The Kier molecular flexibility index (Phi) is 4.83. The molecule has 2 amide bonds. The molecule has 5 rings (SSSR count). The highest BCUT2D eigenvalue weighted by molar-refractivity contribution is 7.14. The Morgan fingerprint density at radius 1 is 1.23 bits per heavy atom. The molecule has 2 aliphatic rings. The second kappa shape index (κ2) is 7.65. The van der Waals surface area contributed by atoms with Crippen LogP contribution in [0.4, 0.5) is 10.8 Å². The van der Waals surface area contributed by atoms with E-state index in [1.165, 1.54) is 16.9 Å². The Labute approximate surface area is 179 Å². The third-order valence-corrected chi connectivity index (χ3v) is 6.60. The smallest absolute Gasteiger partial charge is 0.261 e. The number of anilines is 2. The number of benzene rings is 1. The Morgan fingerprint density at radius 3 is 2.87 bits per heavy atom. The van der Waals surface area contributed by atoms with E-state index in [1.807, 2.05) is 22.4 Å². The Bertz CT molecular complexity index is 1110. The molecule has 2 aromatic heterocycles. The first-order valence-electron chi connectivity index (χ1n) is 10.2. The average Bonchev–Trinajstić information content (AvgIpc) is 3.53. The van der Waals surface area contributed by atoms with Gasteiger partial charge < -0.3 is 4.90 Å². The van der Waals surface area contributed by atoms with Gasteiger partial charge in [0.2, 0.25) is 5.91 Å². The van der Waals surface area contributed by atoms with E-state index in [1.54, 1.807) is 36.5 Å². The van der Waals surface area contributed by atoms with Gasteiger partial charge >= 0.3 is 0 Å². The lowest BCUT2D eigenvalue weighted by Crippen LogP contribution is -2.36. The lowest BCUT2D eigenvalue weighted by Gasteiger charge is -2.30. The van der Waals surface area contributed by atoms with Crippen molar-refractivity contribution in [1.82, 2.24) is 9.97 Å². The molecule has 0 radical (unpaired) electrons. The maximum absolute atomic E-state index is 12.7. The van der Waals surface area contributed by atoms with Crippen molar-refractivity contribution in [1.29, 1.82) is 0 Å². The van der Waals surface area contributed by atoms with Crippen molar-refractivity contribution >= 4 is 34.0 Å². The quantitative estimate of drug-likeness (QED) is 0.638. The number of rotatable bonds is 4. The van der Waals surface area contributed by atoms with Crippen LogP contribution in [0.3, 0.4) is 0 Å². The van der Waals surface area contributed by atoms with Crippen LogP contribution in [0.5, 0.6) is 0 Å². The van der Waals surface area contributed by atoms with Crippen LogP contribution < -0.4 is 9.80 Å². The molecule has 30 heavy (non-hydrogen) atoms. The van der Waals surface area contributed by atoms with Crippen LogP contribution in [0, 0.1) is 5.92 Å². The second-order valence-corrected chi connectivity index (χ2v) is 8.67. The molecule has 1 aliphatic carbocycles. The first-order valence-corrected chi connectivity index (χ1v) is 11.1. The fourth-order valence-electron chi connectivity index (χ4n) is 3.86. The van der Waals surface area contributed by atoms with Gasteiger partial charge in [-0.2, -0.15) is 0 Å². The molecule has 0 spiro atoms. The molecule has 3 heterocycles. The van der Waals surface area contributed by atoms with E-state index in [0.29, 0.717) is 10.7 Å². The van der Waals surface area contributed by atoms with Crippen molar-refractivity contribution in [2.45, 2.75) is 25.7 Å². The van der Waals surface area contributed by atoms with E-state index in [0.717, 1.165) is 49.2 Å². The number of carbonyl (C=O) groups excluding carboxylic acids is 2. The first kappa shape index (κ1) is 18.9. The predicted octanol–water partition coefficient (Wildman–Crippen LogP) is 4.17. The van der Waals surface area contributed by atoms with Gasteiger partial charge in [0.25, 0.3) is 5.91 Å². The first-order chi connectivity index (χ1) is 14.6. The zero-order valence-corrected chi connectivity index (χ0v) is 17.6. The molecule has 0 unspecified atom stereocenters. The van der Waals surface area contributed by atoms with Gasteiger partial charge in [-0.3, -0.25) is 19.5 Å². The topological polar surface area (TPSA) is 66.4 Å². The second-order valence-electron chi connectivity index (χ2n) is 7.83. The van der Waals surface area contributed by atoms with E-state index >= 15 is 0 Å². The SMILES string of the molecule is CN(C(=O)c1cccnc1)c1nc(-c2ccc3c(c2)CCCN3C(=O)C2CC2)cs1. The lowest BCUT2D eigenvalue weighted by atomic mass is 9.98. The number of aryl methyl sites for hydroxylation is 1. The van der Waals surface area contributed by atoms with Gasteiger partial charge in [-0.15, -0.1) is 11.3 Å². The van der Waals surface area contributed by atoms with Gasteiger partial charge in [0, 0.05) is 48.5 Å². The highest BCUT2D eigenvalue weighted by Crippen LogP contribution is 2.37. The summed E-state index contributed by atoms with van der Waals surface area (Å²) in [6.07, 6.45) is 7.21. The summed E-state index contributed by atoms with van der Waals surface area (Å²) >= 11 is 1.44. The van der Waals surface area contributed by atoms with E-state index in [-0.39, 0.29) is 17.7 Å². The fourth-order valence-corrected chi connectivity index (χ4v) is 4.65. The third-order valence-electron chi connectivity index (χ3n) is 5.68. The molecule has 1 saturated carbocycles. The zero-order valence-electron chi connectivity index (χ0n) is 16.7. The monoisotopic (exact) mass is 418 g/mol. The fraction of sp³-hybridized carbons (Fsp3) is 0.304. The van der Waals surface area contributed by atoms with Crippen LogP contribution in [0.2, 0.25) is 0 Å². The minimum Gasteiger partial charge on any atom is -0.312 e. The number of pyridine rings is 1. The molecule has 3 aromatic rings. The number of aromatic nitrogens is 2. The van der Waals surface area contributed by atoms with Crippen LogP contribution in [-0.4, -0.2) is 35.4 Å². The molecule has 152 valence electrons. The van der Waals surface area contributed by atoms with Crippen molar-refractivity contribution in [2.24, 2.45) is 5.92 Å². The number of nitrogens with zero attached hydrogens (tertiary/aromatic N) is 4. The molecule has 0 atom stereocenters. The van der Waals surface area contributed by atoms with Crippen molar-refractivity contribution in [3.8, 4) is 11.3 Å². The van der Waals surface area contributed by atoms with E-state index in [9.17, 15) is 9.59 Å². The zero-order chi connectivity index (χ0) is 20.7. The number of hydrogen-bond donors (Lipinski definition) is 0. The Hall–Kier alpha value is -3.06. The van der Waals surface area contributed by atoms with Crippen LogP contribution in [0.25, 0.3) is 11.3 Å². The summed E-state index contributed by atoms with van der Waals surface area (Å²) in [5, 5.41) is 2.61. The molecule has 1 aromatic carbocycles. The van der Waals surface area contributed by atoms with E-state index in [2.05, 4.69) is 11.1 Å². The van der Waals surface area contributed by atoms with Crippen molar-refractivity contribution in [3.05, 3.63) is 59.2 Å². The van der Waals surface area contributed by atoms with Crippen LogP contribution in [-0.2, 0) is 11.2 Å². The minimum atomic E-state index is -0.135. The maximum atomic E-state index is 12.7. The summed E-state index contributed by atoms with van der Waals surface area (Å²) in [7, 11) is 1.73. The highest BCUT2D eigenvalue weighted by Gasteiger charge is 2.35. The molecule has 0 saturated heterocycles.